The third-order valence-electron chi connectivity index (χ3n) is 2.63. The Balaban J connectivity index is 2.42. The van der Waals surface area contributed by atoms with Gasteiger partial charge in [-0.3, -0.25) is 4.98 Å². The molecule has 9 heteroatoms. The Bertz CT molecular complexity index is 469. The van der Waals surface area contributed by atoms with Crippen molar-refractivity contribution in [1.29, 1.82) is 0 Å². The second kappa shape index (κ2) is 8.27. The van der Waals surface area contributed by atoms with Crippen LogP contribution in [0.4, 0.5) is 0 Å². The van der Waals surface area contributed by atoms with E-state index in [0.29, 0.717) is 6.54 Å². The molecule has 0 aliphatic carbocycles. The number of nitrogens with zero attached hydrogens (tertiary/aromatic N) is 2. The predicted molar refractivity (Wildman–Crippen MR) is 71.2 cm³/mol. The maximum atomic E-state index is 10.4. The van der Waals surface area contributed by atoms with Crippen molar-refractivity contribution in [3.8, 4) is 0 Å². The highest BCUT2D eigenvalue weighted by Gasteiger charge is 2.33. The number of carbonyl (C=O) groups is 1. The first-order valence-electron chi connectivity index (χ1n) is 6.03. The van der Waals surface area contributed by atoms with Gasteiger partial charge in [-0.2, -0.15) is 5.10 Å². The molecule has 0 saturated heterocycles. The fourth-order valence-electron chi connectivity index (χ4n) is 1.39. The first-order valence-corrected chi connectivity index (χ1v) is 6.03. The van der Waals surface area contributed by atoms with Gasteiger partial charge in [0.1, 0.15) is 18.3 Å². The lowest BCUT2D eigenvalue weighted by molar-refractivity contribution is -0.160. The van der Waals surface area contributed by atoms with Crippen LogP contribution in [0.3, 0.4) is 0 Å². The SMILES string of the molecule is O=C(O)[C@@H](O)[C@@H](O)[C@H](O)[C@@H](O)C=NNCc1ccncc1. The molecular weight excluding hydrogens is 282 g/mol. The third-order valence-corrected chi connectivity index (χ3v) is 2.63. The maximum Gasteiger partial charge on any atom is 0.335 e. The van der Waals surface area contributed by atoms with Gasteiger partial charge in [-0.15, -0.1) is 0 Å². The van der Waals surface area contributed by atoms with Crippen molar-refractivity contribution in [3.63, 3.8) is 0 Å². The van der Waals surface area contributed by atoms with Crippen molar-refractivity contribution in [2.45, 2.75) is 31.0 Å². The van der Waals surface area contributed by atoms with E-state index in [0.717, 1.165) is 11.8 Å². The Morgan fingerprint density at radius 1 is 1.24 bits per heavy atom. The van der Waals surface area contributed by atoms with Crippen LogP contribution in [0.25, 0.3) is 0 Å². The van der Waals surface area contributed by atoms with E-state index in [2.05, 4.69) is 15.5 Å². The van der Waals surface area contributed by atoms with Crippen LogP contribution in [0, 0.1) is 0 Å². The van der Waals surface area contributed by atoms with Gasteiger partial charge >= 0.3 is 5.97 Å². The number of carboxylic acids is 1. The molecule has 9 nitrogen and oxygen atoms in total. The molecule has 1 aromatic heterocycles. The summed E-state index contributed by atoms with van der Waals surface area (Å²) in [6, 6.07) is 3.50. The largest absolute Gasteiger partial charge is 0.479 e. The minimum absolute atomic E-state index is 0.349. The van der Waals surface area contributed by atoms with Crippen LogP contribution in [-0.4, -0.2) is 67.1 Å². The zero-order valence-electron chi connectivity index (χ0n) is 10.9. The van der Waals surface area contributed by atoms with Gasteiger partial charge in [-0.05, 0) is 17.7 Å². The molecule has 0 saturated carbocycles. The molecule has 0 amide bonds. The second-order valence-corrected chi connectivity index (χ2v) is 4.22. The molecule has 1 heterocycles. The fraction of sp³-hybridized carbons (Fsp3) is 0.417. The third kappa shape index (κ3) is 5.44. The van der Waals surface area contributed by atoms with Crippen LogP contribution in [-0.2, 0) is 11.3 Å². The average Bonchev–Trinajstić information content (AvgIpc) is 2.50. The number of carboxylic acid groups (broad SMARTS) is 1. The quantitative estimate of drug-likeness (QED) is 0.231. The van der Waals surface area contributed by atoms with Gasteiger partial charge in [0.25, 0.3) is 0 Å². The molecule has 0 aromatic carbocycles. The summed E-state index contributed by atoms with van der Waals surface area (Å²) in [5.74, 6) is -1.71. The van der Waals surface area contributed by atoms with E-state index in [1.807, 2.05) is 0 Å². The number of hydrogen-bond donors (Lipinski definition) is 6. The molecule has 6 N–H and O–H groups in total. The highest BCUT2D eigenvalue weighted by molar-refractivity contribution is 5.73. The van der Waals surface area contributed by atoms with E-state index < -0.39 is 30.4 Å². The van der Waals surface area contributed by atoms with E-state index in [9.17, 15) is 20.1 Å². The van der Waals surface area contributed by atoms with Crippen molar-refractivity contribution < 1.29 is 30.3 Å². The van der Waals surface area contributed by atoms with Gasteiger partial charge in [0.15, 0.2) is 6.10 Å². The smallest absolute Gasteiger partial charge is 0.335 e. The van der Waals surface area contributed by atoms with E-state index in [-0.39, 0.29) is 0 Å². The minimum Gasteiger partial charge on any atom is -0.479 e. The van der Waals surface area contributed by atoms with Gasteiger partial charge in [-0.1, -0.05) is 0 Å². The normalized spacial score (nSPS) is 17.1. The Morgan fingerprint density at radius 3 is 2.43 bits per heavy atom. The van der Waals surface area contributed by atoms with Gasteiger partial charge in [0.05, 0.1) is 12.8 Å². The number of aliphatic hydroxyl groups excluding tert-OH is 4. The van der Waals surface area contributed by atoms with Gasteiger partial charge < -0.3 is 31.0 Å². The first-order chi connectivity index (χ1) is 9.93. The number of rotatable bonds is 8. The zero-order chi connectivity index (χ0) is 15.8. The number of aliphatic hydroxyl groups is 4. The van der Waals surface area contributed by atoms with Crippen molar-refractivity contribution >= 4 is 12.2 Å². The number of hydrazone groups is 1. The van der Waals surface area contributed by atoms with Gasteiger partial charge in [0.2, 0.25) is 0 Å². The fourth-order valence-corrected chi connectivity index (χ4v) is 1.39. The lowest BCUT2D eigenvalue weighted by atomic mass is 10.0. The highest BCUT2D eigenvalue weighted by Crippen LogP contribution is 2.04. The standard InChI is InChI=1S/C12H17N3O6/c16-8(9(17)10(18)11(19)12(20)21)6-15-14-5-7-1-3-13-4-2-7/h1-4,6,8-11,14,16-19H,5H2,(H,20,21)/t8-,9+,10-,11-/m0/s1. The lowest BCUT2D eigenvalue weighted by Gasteiger charge is -2.22. The molecule has 0 radical (unpaired) electrons. The molecule has 0 spiro atoms. The van der Waals surface area contributed by atoms with Crippen molar-refractivity contribution in [3.05, 3.63) is 30.1 Å². The number of aliphatic carboxylic acids is 1. The molecule has 0 unspecified atom stereocenters. The number of aromatic nitrogens is 1. The Kier molecular flexibility index (Phi) is 6.69. The molecule has 1 rings (SSSR count). The Morgan fingerprint density at radius 2 is 1.86 bits per heavy atom. The molecule has 4 atom stereocenters. The number of nitrogens with one attached hydrogen (secondary N) is 1. The van der Waals surface area contributed by atoms with Crippen LogP contribution in [0.1, 0.15) is 5.56 Å². The molecule has 1 aromatic rings. The van der Waals surface area contributed by atoms with E-state index in [4.69, 9.17) is 10.2 Å². The Labute approximate surface area is 120 Å². The van der Waals surface area contributed by atoms with E-state index in [1.54, 1.807) is 24.5 Å². The van der Waals surface area contributed by atoms with E-state index >= 15 is 0 Å². The van der Waals surface area contributed by atoms with E-state index in [1.165, 1.54) is 0 Å². The summed E-state index contributed by atoms with van der Waals surface area (Å²) < 4.78 is 0. The summed E-state index contributed by atoms with van der Waals surface area (Å²) in [4.78, 5) is 14.3. The van der Waals surface area contributed by atoms with Crippen molar-refractivity contribution in [1.82, 2.24) is 10.4 Å². The maximum absolute atomic E-state index is 10.4. The summed E-state index contributed by atoms with van der Waals surface area (Å²) in [5.41, 5.74) is 3.48. The van der Waals surface area contributed by atoms with Crippen molar-refractivity contribution in [2.75, 3.05) is 0 Å². The van der Waals surface area contributed by atoms with Crippen LogP contribution >= 0.6 is 0 Å². The topological polar surface area (TPSA) is 156 Å². The summed E-state index contributed by atoms with van der Waals surface area (Å²) in [6.45, 7) is 0.349. The molecule has 0 fully saturated rings. The van der Waals surface area contributed by atoms with Crippen molar-refractivity contribution in [2.24, 2.45) is 5.10 Å². The monoisotopic (exact) mass is 299 g/mol. The summed E-state index contributed by atoms with van der Waals surface area (Å²) >= 11 is 0. The van der Waals surface area contributed by atoms with Gasteiger partial charge in [-0.25, -0.2) is 4.79 Å². The molecule has 0 aliphatic heterocycles. The van der Waals surface area contributed by atoms with Crippen LogP contribution in [0.15, 0.2) is 29.6 Å². The molecule has 21 heavy (non-hydrogen) atoms. The summed E-state index contributed by atoms with van der Waals surface area (Å²) in [6.07, 6.45) is -3.67. The lowest BCUT2D eigenvalue weighted by Crippen LogP contribution is -2.48. The van der Waals surface area contributed by atoms with Gasteiger partial charge in [0, 0.05) is 12.4 Å². The van der Waals surface area contributed by atoms with Crippen LogP contribution in [0.5, 0.6) is 0 Å². The molecule has 0 aliphatic rings. The summed E-state index contributed by atoms with van der Waals surface area (Å²) in [5, 5.41) is 49.5. The molecule has 0 bridgehead atoms. The first kappa shape index (κ1) is 17.0. The predicted octanol–water partition coefficient (Wildman–Crippen LogP) is -2.31. The highest BCUT2D eigenvalue weighted by atomic mass is 16.4. The summed E-state index contributed by atoms with van der Waals surface area (Å²) in [7, 11) is 0. The minimum atomic E-state index is -2.20. The number of hydrogen-bond acceptors (Lipinski definition) is 8. The van der Waals surface area contributed by atoms with Crippen LogP contribution in [0.2, 0.25) is 0 Å². The molecular formula is C12H17N3O6. The number of pyridine rings is 1. The average molecular weight is 299 g/mol. The van der Waals surface area contributed by atoms with Crippen LogP contribution < -0.4 is 5.43 Å². The zero-order valence-corrected chi connectivity index (χ0v) is 10.9. The second-order valence-electron chi connectivity index (χ2n) is 4.22. The Hall–Kier alpha value is -2.07. The molecule has 116 valence electrons.